The molecule has 0 aliphatic heterocycles. The standard InChI is InChI=1S/C14H14ClFN4O/c1-19-4-3-17-14(19)8-20-11-6-12(21-2)9(16)5-10(11)18-13(20)7-15/h3-6H,7-8H2,1-2H3. The fourth-order valence-corrected chi connectivity index (χ4v) is 2.51. The zero-order valence-corrected chi connectivity index (χ0v) is 12.4. The number of methoxy groups -OCH3 is 1. The Hall–Kier alpha value is -2.08. The minimum absolute atomic E-state index is 0.185. The number of ether oxygens (including phenoxy) is 1. The molecule has 3 aromatic rings. The number of fused-ring (bicyclic) bond motifs is 1. The first-order chi connectivity index (χ1) is 10.1. The van der Waals surface area contributed by atoms with Crippen molar-refractivity contribution in [3.05, 3.63) is 42.0 Å². The Balaban J connectivity index is 2.17. The Morgan fingerprint density at radius 1 is 1.33 bits per heavy atom. The van der Waals surface area contributed by atoms with Crippen molar-refractivity contribution in [2.75, 3.05) is 7.11 Å². The van der Waals surface area contributed by atoms with Gasteiger partial charge in [-0.25, -0.2) is 14.4 Å². The topological polar surface area (TPSA) is 44.9 Å². The maximum Gasteiger partial charge on any atom is 0.167 e. The quantitative estimate of drug-likeness (QED) is 0.696. The zero-order valence-electron chi connectivity index (χ0n) is 11.7. The first-order valence-electron chi connectivity index (χ1n) is 6.39. The lowest BCUT2D eigenvalue weighted by molar-refractivity contribution is 0.387. The highest BCUT2D eigenvalue weighted by Crippen LogP contribution is 2.26. The van der Waals surface area contributed by atoms with Gasteiger partial charge in [-0.05, 0) is 0 Å². The van der Waals surface area contributed by atoms with Crippen LogP contribution in [0.25, 0.3) is 11.0 Å². The van der Waals surface area contributed by atoms with Crippen molar-refractivity contribution in [1.82, 2.24) is 19.1 Å². The SMILES string of the molecule is COc1cc2c(cc1F)nc(CCl)n2Cc1nccn1C. The molecule has 2 heterocycles. The van der Waals surface area contributed by atoms with Crippen molar-refractivity contribution >= 4 is 22.6 Å². The first-order valence-corrected chi connectivity index (χ1v) is 6.92. The van der Waals surface area contributed by atoms with Crippen molar-refractivity contribution in [3.8, 4) is 5.75 Å². The summed E-state index contributed by atoms with van der Waals surface area (Å²) in [6.07, 6.45) is 3.60. The summed E-state index contributed by atoms with van der Waals surface area (Å²) in [7, 11) is 3.36. The molecule has 0 saturated carbocycles. The highest BCUT2D eigenvalue weighted by atomic mass is 35.5. The highest BCUT2D eigenvalue weighted by molar-refractivity contribution is 6.16. The molecule has 2 aromatic heterocycles. The average molecular weight is 309 g/mol. The van der Waals surface area contributed by atoms with Crippen LogP contribution in [-0.4, -0.2) is 26.2 Å². The van der Waals surface area contributed by atoms with Crippen LogP contribution in [0.15, 0.2) is 24.5 Å². The molecule has 0 unspecified atom stereocenters. The molecular weight excluding hydrogens is 295 g/mol. The Bertz CT molecular complexity index is 796. The zero-order chi connectivity index (χ0) is 15.0. The summed E-state index contributed by atoms with van der Waals surface area (Å²) >= 11 is 5.96. The van der Waals surface area contributed by atoms with E-state index >= 15 is 0 Å². The van der Waals surface area contributed by atoms with E-state index in [0.717, 1.165) is 11.3 Å². The molecule has 0 N–H and O–H groups in total. The van der Waals surface area contributed by atoms with Gasteiger partial charge in [-0.3, -0.25) is 0 Å². The molecule has 1 aromatic carbocycles. The van der Waals surface area contributed by atoms with Crippen LogP contribution in [0.5, 0.6) is 5.75 Å². The van der Waals surface area contributed by atoms with Crippen molar-refractivity contribution < 1.29 is 9.13 Å². The number of aryl methyl sites for hydroxylation is 1. The summed E-state index contributed by atoms with van der Waals surface area (Å²) in [5, 5.41) is 0. The van der Waals surface area contributed by atoms with Gasteiger partial charge in [-0.2, -0.15) is 0 Å². The number of imidazole rings is 2. The van der Waals surface area contributed by atoms with Crippen LogP contribution in [0.3, 0.4) is 0 Å². The summed E-state index contributed by atoms with van der Waals surface area (Å²) in [4.78, 5) is 8.67. The number of hydrogen-bond acceptors (Lipinski definition) is 3. The van der Waals surface area contributed by atoms with E-state index in [1.165, 1.54) is 13.2 Å². The van der Waals surface area contributed by atoms with E-state index in [2.05, 4.69) is 9.97 Å². The van der Waals surface area contributed by atoms with Crippen LogP contribution in [0.4, 0.5) is 4.39 Å². The largest absolute Gasteiger partial charge is 0.494 e. The Morgan fingerprint density at radius 2 is 2.14 bits per heavy atom. The van der Waals surface area contributed by atoms with Crippen molar-refractivity contribution in [2.45, 2.75) is 12.4 Å². The summed E-state index contributed by atoms with van der Waals surface area (Å²) in [5.41, 5.74) is 1.32. The number of halogens is 2. The Labute approximate surface area is 125 Å². The van der Waals surface area contributed by atoms with Crippen LogP contribution in [0.2, 0.25) is 0 Å². The van der Waals surface area contributed by atoms with E-state index in [1.807, 2.05) is 22.4 Å². The maximum atomic E-state index is 13.8. The van der Waals surface area contributed by atoms with Gasteiger partial charge in [0.15, 0.2) is 11.6 Å². The van der Waals surface area contributed by atoms with Gasteiger partial charge in [-0.15, -0.1) is 11.6 Å². The molecule has 0 spiro atoms. The number of hydrogen-bond donors (Lipinski definition) is 0. The predicted octanol–water partition coefficient (Wildman–Crippen LogP) is 2.70. The van der Waals surface area contributed by atoms with Crippen molar-refractivity contribution in [1.29, 1.82) is 0 Å². The van der Waals surface area contributed by atoms with E-state index < -0.39 is 5.82 Å². The molecule has 0 bridgehead atoms. The van der Waals surface area contributed by atoms with E-state index in [-0.39, 0.29) is 11.6 Å². The molecule has 5 nitrogen and oxygen atoms in total. The third-order valence-electron chi connectivity index (χ3n) is 3.44. The fourth-order valence-electron chi connectivity index (χ4n) is 2.30. The highest BCUT2D eigenvalue weighted by Gasteiger charge is 2.15. The van der Waals surface area contributed by atoms with E-state index in [9.17, 15) is 4.39 Å². The third-order valence-corrected chi connectivity index (χ3v) is 3.68. The van der Waals surface area contributed by atoms with Crippen LogP contribution >= 0.6 is 11.6 Å². The normalized spacial score (nSPS) is 11.2. The lowest BCUT2D eigenvalue weighted by Crippen LogP contribution is -2.08. The second kappa shape index (κ2) is 5.37. The molecule has 0 fully saturated rings. The summed E-state index contributed by atoms with van der Waals surface area (Å²) in [5.74, 6) is 1.52. The van der Waals surface area contributed by atoms with E-state index in [1.54, 1.807) is 12.3 Å². The monoisotopic (exact) mass is 308 g/mol. The van der Waals surface area contributed by atoms with Crippen molar-refractivity contribution in [2.24, 2.45) is 7.05 Å². The molecule has 0 amide bonds. The molecule has 0 saturated heterocycles. The second-order valence-corrected chi connectivity index (χ2v) is 4.94. The lowest BCUT2D eigenvalue weighted by atomic mass is 10.3. The summed E-state index contributed by atoms with van der Waals surface area (Å²) in [6, 6.07) is 3.00. The van der Waals surface area contributed by atoms with Gasteiger partial charge in [0.2, 0.25) is 0 Å². The minimum atomic E-state index is -0.437. The van der Waals surface area contributed by atoms with Crippen molar-refractivity contribution in [3.63, 3.8) is 0 Å². The van der Waals surface area contributed by atoms with Gasteiger partial charge >= 0.3 is 0 Å². The van der Waals surface area contributed by atoms with Gasteiger partial charge in [0.25, 0.3) is 0 Å². The third kappa shape index (κ3) is 2.35. The predicted molar refractivity (Wildman–Crippen MR) is 78.1 cm³/mol. The molecule has 0 aliphatic rings. The van der Waals surface area contributed by atoms with Gasteiger partial charge in [0.05, 0.1) is 30.6 Å². The van der Waals surface area contributed by atoms with Gasteiger partial charge in [0, 0.05) is 31.6 Å². The lowest BCUT2D eigenvalue weighted by Gasteiger charge is -2.09. The van der Waals surface area contributed by atoms with Crippen LogP contribution in [0.1, 0.15) is 11.6 Å². The number of rotatable bonds is 4. The fraction of sp³-hybridized carbons (Fsp3) is 0.286. The van der Waals surface area contributed by atoms with Gasteiger partial charge in [0.1, 0.15) is 11.6 Å². The molecule has 0 atom stereocenters. The first kappa shape index (κ1) is 13.9. The maximum absolute atomic E-state index is 13.8. The number of benzene rings is 1. The molecule has 21 heavy (non-hydrogen) atoms. The Kier molecular flexibility index (Phi) is 3.55. The minimum Gasteiger partial charge on any atom is -0.494 e. The van der Waals surface area contributed by atoms with E-state index in [4.69, 9.17) is 16.3 Å². The number of nitrogens with zero attached hydrogens (tertiary/aromatic N) is 4. The van der Waals surface area contributed by atoms with E-state index in [0.29, 0.717) is 17.9 Å². The smallest absolute Gasteiger partial charge is 0.167 e. The van der Waals surface area contributed by atoms with Crippen LogP contribution in [0, 0.1) is 5.82 Å². The van der Waals surface area contributed by atoms with Crippen LogP contribution in [-0.2, 0) is 19.5 Å². The molecular formula is C14H14ClFN4O. The van der Waals surface area contributed by atoms with Gasteiger partial charge in [-0.1, -0.05) is 0 Å². The summed E-state index contributed by atoms with van der Waals surface area (Å²) < 4.78 is 22.7. The Morgan fingerprint density at radius 3 is 2.76 bits per heavy atom. The number of aromatic nitrogens is 4. The number of alkyl halides is 1. The molecule has 0 aliphatic carbocycles. The van der Waals surface area contributed by atoms with Crippen LogP contribution < -0.4 is 4.74 Å². The molecule has 3 rings (SSSR count). The molecule has 0 radical (unpaired) electrons. The molecule has 7 heteroatoms. The average Bonchev–Trinajstić information content (AvgIpc) is 3.02. The molecule has 110 valence electrons. The van der Waals surface area contributed by atoms with Gasteiger partial charge < -0.3 is 13.9 Å². The second-order valence-electron chi connectivity index (χ2n) is 4.68. The summed E-state index contributed by atoms with van der Waals surface area (Å²) in [6.45, 7) is 0.511.